The van der Waals surface area contributed by atoms with E-state index >= 15 is 0 Å². The lowest BCUT2D eigenvalue weighted by Gasteiger charge is -2.21. The summed E-state index contributed by atoms with van der Waals surface area (Å²) >= 11 is 1.70. The van der Waals surface area contributed by atoms with Crippen molar-refractivity contribution in [3.8, 4) is 0 Å². The van der Waals surface area contributed by atoms with Gasteiger partial charge >= 0.3 is 0 Å². The molecular weight excluding hydrogens is 258 g/mol. The van der Waals surface area contributed by atoms with Crippen LogP contribution in [0.4, 0.5) is 0 Å². The number of carbonyl (C=O) groups excluding carboxylic acids is 1. The smallest absolute Gasteiger partial charge is 0.223 e. The largest absolute Gasteiger partial charge is 0.389 e. The highest BCUT2D eigenvalue weighted by Crippen LogP contribution is 2.32. The number of carbonyl (C=O) groups is 1. The third-order valence-electron chi connectivity index (χ3n) is 3.67. The minimum absolute atomic E-state index is 0.0571. The zero-order chi connectivity index (χ0) is 13.7. The summed E-state index contributed by atoms with van der Waals surface area (Å²) in [5.41, 5.74) is 0.330. The molecule has 1 aliphatic rings. The van der Waals surface area contributed by atoms with E-state index in [-0.39, 0.29) is 12.3 Å². The lowest BCUT2D eigenvalue weighted by atomic mass is 9.97. The third-order valence-corrected chi connectivity index (χ3v) is 4.42. The van der Waals surface area contributed by atoms with Gasteiger partial charge in [-0.1, -0.05) is 25.0 Å². The molecule has 0 radical (unpaired) electrons. The van der Waals surface area contributed by atoms with Gasteiger partial charge in [0.1, 0.15) is 0 Å². The molecule has 0 heterocycles. The maximum Gasteiger partial charge on any atom is 0.223 e. The fourth-order valence-corrected chi connectivity index (χ4v) is 2.92. The van der Waals surface area contributed by atoms with Crippen molar-refractivity contribution in [2.24, 2.45) is 0 Å². The summed E-state index contributed by atoms with van der Waals surface area (Å²) in [5.74, 6) is -0.0571. The average Bonchev–Trinajstić information content (AvgIpc) is 2.83. The zero-order valence-electron chi connectivity index (χ0n) is 11.3. The second kappa shape index (κ2) is 6.44. The molecule has 2 N–H and O–H groups in total. The maximum absolute atomic E-state index is 11.8. The molecule has 1 fully saturated rings. The van der Waals surface area contributed by atoms with E-state index in [1.807, 2.05) is 18.4 Å². The van der Waals surface area contributed by atoms with Gasteiger partial charge in [-0.2, -0.15) is 0 Å². The highest BCUT2D eigenvalue weighted by atomic mass is 32.2. The molecule has 104 valence electrons. The number of nitrogens with one attached hydrogen (secondary N) is 1. The summed E-state index contributed by atoms with van der Waals surface area (Å²) in [6.45, 7) is 0.531. The molecule has 0 saturated heterocycles. The van der Waals surface area contributed by atoms with Crippen LogP contribution < -0.4 is 5.32 Å². The van der Waals surface area contributed by atoms with Crippen molar-refractivity contribution in [2.45, 2.75) is 49.1 Å². The number of rotatable bonds is 5. The molecule has 0 aliphatic heterocycles. The molecular formula is C15H21NO2S. The number of benzene rings is 1. The standard InChI is InChI=1S/C15H21NO2S/c1-19-13-6-4-12(5-7-13)11-16-14(17)10-15(18)8-2-3-9-15/h4-7,18H,2-3,8-11H2,1H3,(H,16,17). The Kier molecular flexibility index (Phi) is 4.88. The fourth-order valence-electron chi connectivity index (χ4n) is 2.52. The Hall–Kier alpha value is -1.00. The van der Waals surface area contributed by atoms with Crippen LogP contribution in [0.25, 0.3) is 0 Å². The molecule has 1 saturated carbocycles. The molecule has 0 spiro atoms. The lowest BCUT2D eigenvalue weighted by Crippen LogP contribution is -2.34. The van der Waals surface area contributed by atoms with E-state index < -0.39 is 5.60 Å². The van der Waals surface area contributed by atoms with Crippen molar-refractivity contribution in [2.75, 3.05) is 6.26 Å². The molecule has 3 nitrogen and oxygen atoms in total. The number of amides is 1. The first-order valence-corrected chi connectivity index (χ1v) is 7.96. The van der Waals surface area contributed by atoms with Crippen LogP contribution in [0.3, 0.4) is 0 Å². The minimum Gasteiger partial charge on any atom is -0.389 e. The molecule has 19 heavy (non-hydrogen) atoms. The van der Waals surface area contributed by atoms with Gasteiger partial charge in [-0.3, -0.25) is 4.79 Å². The summed E-state index contributed by atoms with van der Waals surface area (Å²) in [6, 6.07) is 8.15. The first-order chi connectivity index (χ1) is 9.11. The molecule has 0 unspecified atom stereocenters. The Balaban J connectivity index is 1.79. The van der Waals surface area contributed by atoms with E-state index in [1.165, 1.54) is 4.90 Å². The van der Waals surface area contributed by atoms with Gasteiger partial charge in [0.15, 0.2) is 0 Å². The van der Waals surface area contributed by atoms with Crippen molar-refractivity contribution in [1.29, 1.82) is 0 Å². The van der Waals surface area contributed by atoms with Gasteiger partial charge in [0, 0.05) is 11.4 Å². The minimum atomic E-state index is -0.757. The van der Waals surface area contributed by atoms with Crippen LogP contribution in [0, 0.1) is 0 Å². The first-order valence-electron chi connectivity index (χ1n) is 6.73. The quantitative estimate of drug-likeness (QED) is 0.815. The van der Waals surface area contributed by atoms with E-state index in [0.29, 0.717) is 6.54 Å². The average molecular weight is 279 g/mol. The van der Waals surface area contributed by atoms with Gasteiger partial charge in [0.25, 0.3) is 0 Å². The Morgan fingerprint density at radius 3 is 2.53 bits per heavy atom. The number of aliphatic hydroxyl groups is 1. The summed E-state index contributed by atoms with van der Waals surface area (Å²) in [6.07, 6.45) is 5.83. The van der Waals surface area contributed by atoms with Gasteiger partial charge in [-0.25, -0.2) is 0 Å². The first kappa shape index (κ1) is 14.4. The second-order valence-electron chi connectivity index (χ2n) is 5.23. The SMILES string of the molecule is CSc1ccc(CNC(=O)CC2(O)CCCC2)cc1. The van der Waals surface area contributed by atoms with Crippen LogP contribution in [0.1, 0.15) is 37.7 Å². The maximum atomic E-state index is 11.8. The summed E-state index contributed by atoms with van der Waals surface area (Å²) in [7, 11) is 0. The van der Waals surface area contributed by atoms with E-state index in [0.717, 1.165) is 31.2 Å². The Labute approximate surface area is 118 Å². The van der Waals surface area contributed by atoms with Crippen molar-refractivity contribution in [3.05, 3.63) is 29.8 Å². The van der Waals surface area contributed by atoms with Gasteiger partial charge < -0.3 is 10.4 Å². The molecule has 1 aromatic rings. The topological polar surface area (TPSA) is 49.3 Å². The monoisotopic (exact) mass is 279 g/mol. The highest BCUT2D eigenvalue weighted by Gasteiger charge is 2.33. The van der Waals surface area contributed by atoms with Crippen LogP contribution in [0.2, 0.25) is 0 Å². The molecule has 0 atom stereocenters. The molecule has 0 bridgehead atoms. The van der Waals surface area contributed by atoms with E-state index in [2.05, 4.69) is 17.4 Å². The molecule has 2 rings (SSSR count). The number of hydrogen-bond acceptors (Lipinski definition) is 3. The highest BCUT2D eigenvalue weighted by molar-refractivity contribution is 7.98. The summed E-state index contributed by atoms with van der Waals surface area (Å²) in [4.78, 5) is 13.0. The van der Waals surface area contributed by atoms with Gasteiger partial charge in [-0.15, -0.1) is 11.8 Å². The van der Waals surface area contributed by atoms with Gasteiger partial charge in [0.2, 0.25) is 5.91 Å². The molecule has 4 heteroatoms. The Morgan fingerprint density at radius 2 is 1.95 bits per heavy atom. The van der Waals surface area contributed by atoms with E-state index in [1.54, 1.807) is 11.8 Å². The number of thioether (sulfide) groups is 1. The van der Waals surface area contributed by atoms with Crippen LogP contribution in [-0.2, 0) is 11.3 Å². The molecule has 1 aromatic carbocycles. The normalized spacial score (nSPS) is 17.4. The Bertz CT molecular complexity index is 424. The molecule has 1 aliphatic carbocycles. The number of hydrogen-bond donors (Lipinski definition) is 2. The van der Waals surface area contributed by atoms with Crippen molar-refractivity contribution >= 4 is 17.7 Å². The van der Waals surface area contributed by atoms with Gasteiger partial charge in [-0.05, 0) is 36.8 Å². The fraction of sp³-hybridized carbons (Fsp3) is 0.533. The van der Waals surface area contributed by atoms with Crippen molar-refractivity contribution in [3.63, 3.8) is 0 Å². The third kappa shape index (κ3) is 4.25. The summed E-state index contributed by atoms with van der Waals surface area (Å²) in [5, 5.41) is 13.0. The van der Waals surface area contributed by atoms with Crippen molar-refractivity contribution in [1.82, 2.24) is 5.32 Å². The predicted octanol–water partition coefficient (Wildman–Crippen LogP) is 2.72. The molecule has 0 aromatic heterocycles. The van der Waals surface area contributed by atoms with Gasteiger partial charge in [0.05, 0.1) is 12.0 Å². The lowest BCUT2D eigenvalue weighted by molar-refractivity contribution is -0.126. The van der Waals surface area contributed by atoms with Crippen LogP contribution in [-0.4, -0.2) is 22.9 Å². The predicted molar refractivity (Wildman–Crippen MR) is 78.1 cm³/mol. The van der Waals surface area contributed by atoms with Crippen molar-refractivity contribution < 1.29 is 9.90 Å². The van der Waals surface area contributed by atoms with Crippen LogP contribution in [0.5, 0.6) is 0 Å². The summed E-state index contributed by atoms with van der Waals surface area (Å²) < 4.78 is 0. The van der Waals surface area contributed by atoms with E-state index in [4.69, 9.17) is 0 Å². The molecule has 1 amide bonds. The second-order valence-corrected chi connectivity index (χ2v) is 6.11. The van der Waals surface area contributed by atoms with Crippen LogP contribution in [0.15, 0.2) is 29.2 Å². The van der Waals surface area contributed by atoms with E-state index in [9.17, 15) is 9.90 Å². The zero-order valence-corrected chi connectivity index (χ0v) is 12.1. The Morgan fingerprint density at radius 1 is 1.32 bits per heavy atom. The van der Waals surface area contributed by atoms with Crippen LogP contribution >= 0.6 is 11.8 Å².